The fourth-order valence-corrected chi connectivity index (χ4v) is 2.43. The maximum Gasteiger partial charge on any atom is 0.316 e. The van der Waals surface area contributed by atoms with Crippen LogP contribution in [0.4, 0.5) is 0 Å². The van der Waals surface area contributed by atoms with Crippen LogP contribution in [0.15, 0.2) is 24.5 Å². The van der Waals surface area contributed by atoms with E-state index >= 15 is 0 Å². The summed E-state index contributed by atoms with van der Waals surface area (Å²) in [6.07, 6.45) is 5.30. The molecule has 2 atom stereocenters. The van der Waals surface area contributed by atoms with Crippen LogP contribution in [0, 0.1) is 5.92 Å². The molecule has 1 aliphatic carbocycles. The smallest absolute Gasteiger partial charge is 0.316 e. The average Bonchev–Trinajstić information content (AvgIpc) is 2.40. The number of pyridine rings is 1. The van der Waals surface area contributed by atoms with E-state index in [1.165, 1.54) is 0 Å². The van der Waals surface area contributed by atoms with Crippen molar-refractivity contribution in [3.8, 4) is 0 Å². The molecule has 0 amide bonds. The van der Waals surface area contributed by atoms with Gasteiger partial charge in [0, 0.05) is 18.8 Å². The summed E-state index contributed by atoms with van der Waals surface area (Å²) in [5, 5.41) is 0. The summed E-state index contributed by atoms with van der Waals surface area (Å²) in [7, 11) is 0. The Balaban J connectivity index is 2.09. The minimum absolute atomic E-state index is 0.0127. The molecule has 18 heavy (non-hydrogen) atoms. The van der Waals surface area contributed by atoms with E-state index in [1.807, 2.05) is 12.1 Å². The zero-order valence-electron chi connectivity index (χ0n) is 10.5. The van der Waals surface area contributed by atoms with Gasteiger partial charge in [-0.05, 0) is 43.4 Å². The lowest BCUT2D eigenvalue weighted by Gasteiger charge is -2.26. The summed E-state index contributed by atoms with van der Waals surface area (Å²) in [5.74, 6) is -0.697. The number of nitrogens with zero attached hydrogens (tertiary/aromatic N) is 1. The lowest BCUT2D eigenvalue weighted by Crippen LogP contribution is -2.31. The molecule has 2 rings (SSSR count). The summed E-state index contributed by atoms with van der Waals surface area (Å²) in [6, 6.07) is 3.89. The lowest BCUT2D eigenvalue weighted by atomic mass is 9.77. The highest BCUT2D eigenvalue weighted by Gasteiger charge is 2.35. The van der Waals surface area contributed by atoms with Crippen LogP contribution in [-0.4, -0.2) is 23.3 Å². The van der Waals surface area contributed by atoms with E-state index < -0.39 is 5.92 Å². The minimum atomic E-state index is -0.586. The highest BCUT2D eigenvalue weighted by Crippen LogP contribution is 2.34. The first kappa shape index (κ1) is 12.7. The molecule has 0 spiro atoms. The largest absolute Gasteiger partial charge is 0.465 e. The summed E-state index contributed by atoms with van der Waals surface area (Å²) in [6.45, 7) is 2.08. The third-order valence-electron chi connectivity index (χ3n) is 3.40. The molecule has 0 aromatic carbocycles. The van der Waals surface area contributed by atoms with Crippen molar-refractivity contribution in [2.24, 2.45) is 5.92 Å². The van der Waals surface area contributed by atoms with E-state index in [0.717, 1.165) is 12.0 Å². The highest BCUT2D eigenvalue weighted by atomic mass is 16.5. The maximum absolute atomic E-state index is 11.8. The number of esters is 1. The van der Waals surface area contributed by atoms with Gasteiger partial charge in [-0.2, -0.15) is 0 Å². The average molecular weight is 247 g/mol. The lowest BCUT2D eigenvalue weighted by molar-refractivity contribution is -0.153. The van der Waals surface area contributed by atoms with Crippen LogP contribution < -0.4 is 0 Å². The normalized spacial score (nSPS) is 23.7. The predicted octanol–water partition coefficient (Wildman–Crippen LogP) is 2.10. The van der Waals surface area contributed by atoms with Crippen molar-refractivity contribution in [1.82, 2.24) is 4.98 Å². The number of carbonyl (C=O) groups is 2. The van der Waals surface area contributed by atoms with Gasteiger partial charge in [-0.1, -0.05) is 0 Å². The monoisotopic (exact) mass is 247 g/mol. The Labute approximate surface area is 106 Å². The van der Waals surface area contributed by atoms with Crippen molar-refractivity contribution in [2.45, 2.75) is 32.1 Å². The second-order valence-corrected chi connectivity index (χ2v) is 4.52. The molecule has 2 unspecified atom stereocenters. The first-order valence-corrected chi connectivity index (χ1v) is 6.31. The molecule has 1 aromatic rings. The van der Waals surface area contributed by atoms with E-state index in [-0.39, 0.29) is 17.7 Å². The van der Waals surface area contributed by atoms with Crippen LogP contribution in [0.2, 0.25) is 0 Å². The van der Waals surface area contributed by atoms with Gasteiger partial charge in [0.15, 0.2) is 0 Å². The van der Waals surface area contributed by atoms with Crippen molar-refractivity contribution in [1.29, 1.82) is 0 Å². The van der Waals surface area contributed by atoms with Gasteiger partial charge >= 0.3 is 5.97 Å². The third-order valence-corrected chi connectivity index (χ3v) is 3.40. The van der Waals surface area contributed by atoms with Crippen LogP contribution in [-0.2, 0) is 14.3 Å². The van der Waals surface area contributed by atoms with E-state index in [0.29, 0.717) is 19.4 Å². The highest BCUT2D eigenvalue weighted by molar-refractivity contribution is 5.99. The van der Waals surface area contributed by atoms with Crippen molar-refractivity contribution < 1.29 is 14.3 Å². The molecule has 0 bridgehead atoms. The zero-order valence-corrected chi connectivity index (χ0v) is 10.5. The van der Waals surface area contributed by atoms with Gasteiger partial charge in [0.25, 0.3) is 0 Å². The Morgan fingerprint density at radius 3 is 2.83 bits per heavy atom. The first-order valence-electron chi connectivity index (χ1n) is 6.31. The summed E-state index contributed by atoms with van der Waals surface area (Å²) in [5.41, 5.74) is 1.15. The Morgan fingerprint density at radius 2 is 2.17 bits per heavy atom. The van der Waals surface area contributed by atoms with Crippen LogP contribution in [0.3, 0.4) is 0 Å². The number of ketones is 1. The Hall–Kier alpha value is -1.71. The second-order valence-electron chi connectivity index (χ2n) is 4.52. The molecular weight excluding hydrogens is 230 g/mol. The Bertz CT molecular complexity index is 430. The molecule has 1 aliphatic rings. The second kappa shape index (κ2) is 5.76. The molecule has 96 valence electrons. The number of hydrogen-bond acceptors (Lipinski definition) is 4. The molecule has 4 nitrogen and oxygen atoms in total. The molecule has 1 saturated carbocycles. The summed E-state index contributed by atoms with van der Waals surface area (Å²) >= 11 is 0. The molecule has 1 fully saturated rings. The molecule has 1 aromatic heterocycles. The van der Waals surface area contributed by atoms with Crippen molar-refractivity contribution in [3.63, 3.8) is 0 Å². The van der Waals surface area contributed by atoms with Crippen molar-refractivity contribution in [2.75, 3.05) is 6.61 Å². The van der Waals surface area contributed by atoms with Gasteiger partial charge in [0.05, 0.1) is 6.61 Å². The quantitative estimate of drug-likeness (QED) is 0.606. The fourth-order valence-electron chi connectivity index (χ4n) is 2.43. The maximum atomic E-state index is 11.8. The van der Waals surface area contributed by atoms with Crippen LogP contribution in [0.5, 0.6) is 0 Å². The van der Waals surface area contributed by atoms with Gasteiger partial charge in [-0.25, -0.2) is 0 Å². The van der Waals surface area contributed by atoms with Gasteiger partial charge in [0.1, 0.15) is 11.7 Å². The van der Waals surface area contributed by atoms with E-state index in [1.54, 1.807) is 19.3 Å². The van der Waals surface area contributed by atoms with Gasteiger partial charge in [0.2, 0.25) is 0 Å². The molecule has 4 heteroatoms. The molecule has 0 radical (unpaired) electrons. The number of hydrogen-bond donors (Lipinski definition) is 0. The minimum Gasteiger partial charge on any atom is -0.465 e. The molecule has 0 aliphatic heterocycles. The number of aromatic nitrogens is 1. The molecule has 0 saturated heterocycles. The van der Waals surface area contributed by atoms with Gasteiger partial charge in [-0.3, -0.25) is 14.6 Å². The van der Waals surface area contributed by atoms with E-state index in [2.05, 4.69) is 4.98 Å². The van der Waals surface area contributed by atoms with E-state index in [4.69, 9.17) is 4.74 Å². The topological polar surface area (TPSA) is 56.3 Å². The van der Waals surface area contributed by atoms with Gasteiger partial charge < -0.3 is 4.74 Å². The Kier molecular flexibility index (Phi) is 4.07. The summed E-state index contributed by atoms with van der Waals surface area (Å²) in [4.78, 5) is 27.5. The van der Waals surface area contributed by atoms with Crippen molar-refractivity contribution in [3.05, 3.63) is 30.1 Å². The van der Waals surface area contributed by atoms with Crippen LogP contribution in [0.1, 0.15) is 37.7 Å². The van der Waals surface area contributed by atoms with Crippen molar-refractivity contribution >= 4 is 11.8 Å². The molecule has 1 heterocycles. The fraction of sp³-hybridized carbons (Fsp3) is 0.500. The summed E-state index contributed by atoms with van der Waals surface area (Å²) < 4.78 is 4.96. The molecular formula is C14H17NO3. The number of ether oxygens (including phenoxy) is 1. The van der Waals surface area contributed by atoms with Gasteiger partial charge in [-0.15, -0.1) is 0 Å². The predicted molar refractivity (Wildman–Crippen MR) is 66.0 cm³/mol. The SMILES string of the molecule is CCOC(=O)C1CC(c2ccncc2)CCC1=O. The first-order chi connectivity index (χ1) is 8.72. The standard InChI is InChI=1S/C14H17NO3/c1-2-18-14(17)12-9-11(3-4-13(12)16)10-5-7-15-8-6-10/h5-8,11-12H,2-4,9H2,1H3. The molecule has 0 N–H and O–H groups in total. The van der Waals surface area contributed by atoms with Crippen LogP contribution >= 0.6 is 0 Å². The Morgan fingerprint density at radius 1 is 1.44 bits per heavy atom. The number of carbonyl (C=O) groups excluding carboxylic acids is 2. The number of rotatable bonds is 3. The number of Topliss-reactive ketones (excluding diaryl/α,β-unsaturated/α-hetero) is 1. The van der Waals surface area contributed by atoms with Crippen LogP contribution in [0.25, 0.3) is 0 Å². The zero-order chi connectivity index (χ0) is 13.0. The van der Waals surface area contributed by atoms with E-state index in [9.17, 15) is 9.59 Å². The third kappa shape index (κ3) is 2.75.